The number of nitrogens with one attached hydrogen (secondary N) is 2. The van der Waals surface area contributed by atoms with Crippen LogP contribution in [0.3, 0.4) is 0 Å². The molecule has 4 heteroatoms. The first-order chi connectivity index (χ1) is 10.2. The fourth-order valence-corrected chi connectivity index (χ4v) is 3.78. The Balaban J connectivity index is 1.69. The van der Waals surface area contributed by atoms with E-state index in [4.69, 9.17) is 0 Å². The van der Waals surface area contributed by atoms with Crippen LogP contribution in [0.2, 0.25) is 0 Å². The van der Waals surface area contributed by atoms with Gasteiger partial charge in [-0.15, -0.1) is 0 Å². The quantitative estimate of drug-likeness (QED) is 0.618. The molecule has 0 bridgehead atoms. The maximum atomic E-state index is 4.41. The number of likely N-dealkylation sites (tertiary alicyclic amines) is 1. The second-order valence-electron chi connectivity index (χ2n) is 6.99. The molecule has 0 radical (unpaired) electrons. The van der Waals surface area contributed by atoms with Crippen molar-refractivity contribution < 1.29 is 0 Å². The molecule has 1 unspecified atom stereocenters. The molecule has 122 valence electrons. The molecule has 21 heavy (non-hydrogen) atoms. The lowest BCUT2D eigenvalue weighted by molar-refractivity contribution is 0.210. The lowest BCUT2D eigenvalue weighted by atomic mass is 9.84. The Labute approximate surface area is 130 Å². The number of guanidine groups is 1. The van der Waals surface area contributed by atoms with Crippen molar-refractivity contribution >= 4 is 5.96 Å². The molecule has 2 aliphatic rings. The van der Waals surface area contributed by atoms with Crippen molar-refractivity contribution in [2.45, 2.75) is 57.9 Å². The second kappa shape index (κ2) is 8.62. The van der Waals surface area contributed by atoms with Gasteiger partial charge in [0.1, 0.15) is 0 Å². The van der Waals surface area contributed by atoms with Gasteiger partial charge in [0.25, 0.3) is 0 Å². The molecule has 0 aromatic carbocycles. The first kappa shape index (κ1) is 16.6. The van der Waals surface area contributed by atoms with Crippen molar-refractivity contribution in [1.29, 1.82) is 0 Å². The molecule has 1 saturated carbocycles. The van der Waals surface area contributed by atoms with Crippen molar-refractivity contribution in [3.8, 4) is 0 Å². The molecular weight excluding hydrogens is 260 g/mol. The van der Waals surface area contributed by atoms with Crippen molar-refractivity contribution in [1.82, 2.24) is 15.5 Å². The number of hydrogen-bond acceptors (Lipinski definition) is 2. The van der Waals surface area contributed by atoms with Crippen molar-refractivity contribution in [3.63, 3.8) is 0 Å². The first-order valence-corrected chi connectivity index (χ1v) is 8.87. The Kier molecular flexibility index (Phi) is 6.81. The van der Waals surface area contributed by atoms with Crippen LogP contribution in [0.15, 0.2) is 4.99 Å². The van der Waals surface area contributed by atoms with Crippen LogP contribution in [0, 0.1) is 11.8 Å². The zero-order valence-corrected chi connectivity index (χ0v) is 14.2. The molecule has 4 nitrogen and oxygen atoms in total. The van der Waals surface area contributed by atoms with E-state index >= 15 is 0 Å². The van der Waals surface area contributed by atoms with Crippen LogP contribution < -0.4 is 10.6 Å². The van der Waals surface area contributed by atoms with Crippen LogP contribution in [0.25, 0.3) is 0 Å². The van der Waals surface area contributed by atoms with Gasteiger partial charge in [-0.3, -0.25) is 4.99 Å². The third-order valence-corrected chi connectivity index (χ3v) is 5.27. The predicted octanol–water partition coefficient (Wildman–Crippen LogP) is 2.46. The molecule has 1 atom stereocenters. The molecule has 0 aromatic rings. The average Bonchev–Trinajstić information content (AvgIpc) is 2.52. The lowest BCUT2D eigenvalue weighted by Crippen LogP contribution is -2.47. The zero-order valence-electron chi connectivity index (χ0n) is 14.2. The Morgan fingerprint density at radius 1 is 1.14 bits per heavy atom. The zero-order chi connectivity index (χ0) is 15.1. The molecule has 0 aromatic heterocycles. The molecule has 2 N–H and O–H groups in total. The smallest absolute Gasteiger partial charge is 0.191 e. The summed E-state index contributed by atoms with van der Waals surface area (Å²) in [6.45, 7) is 5.84. The van der Waals surface area contributed by atoms with E-state index in [0.717, 1.165) is 24.3 Å². The molecule has 2 rings (SSSR count). The van der Waals surface area contributed by atoms with Crippen LogP contribution in [0.5, 0.6) is 0 Å². The highest BCUT2D eigenvalue weighted by atomic mass is 15.2. The van der Waals surface area contributed by atoms with Gasteiger partial charge in [-0.25, -0.2) is 0 Å². The molecule has 2 fully saturated rings. The number of nitrogens with zero attached hydrogens (tertiary/aromatic N) is 2. The largest absolute Gasteiger partial charge is 0.356 e. The highest BCUT2D eigenvalue weighted by Gasteiger charge is 2.21. The first-order valence-electron chi connectivity index (χ1n) is 8.87. The topological polar surface area (TPSA) is 39.7 Å². The van der Waals surface area contributed by atoms with Gasteiger partial charge in [-0.05, 0) is 64.0 Å². The van der Waals surface area contributed by atoms with E-state index in [1.165, 1.54) is 58.0 Å². The predicted molar refractivity (Wildman–Crippen MR) is 90.8 cm³/mol. The number of rotatable bonds is 4. The third-order valence-electron chi connectivity index (χ3n) is 5.27. The summed E-state index contributed by atoms with van der Waals surface area (Å²) in [7, 11) is 4.12. The monoisotopic (exact) mass is 294 g/mol. The maximum Gasteiger partial charge on any atom is 0.191 e. The third kappa shape index (κ3) is 5.50. The van der Waals surface area contributed by atoms with Gasteiger partial charge in [-0.2, -0.15) is 0 Å². The van der Waals surface area contributed by atoms with Gasteiger partial charge in [0.05, 0.1) is 0 Å². The van der Waals surface area contributed by atoms with Crippen molar-refractivity contribution in [2.75, 3.05) is 33.7 Å². The summed E-state index contributed by atoms with van der Waals surface area (Å²) in [6.07, 6.45) is 9.36. The molecule has 1 aliphatic carbocycles. The van der Waals surface area contributed by atoms with Crippen molar-refractivity contribution in [2.24, 2.45) is 16.8 Å². The van der Waals surface area contributed by atoms with E-state index in [2.05, 4.69) is 34.5 Å². The van der Waals surface area contributed by atoms with Gasteiger partial charge in [0.15, 0.2) is 5.96 Å². The fourth-order valence-electron chi connectivity index (χ4n) is 3.78. The maximum absolute atomic E-state index is 4.41. The van der Waals surface area contributed by atoms with E-state index in [9.17, 15) is 0 Å². The SMILES string of the molecule is CCC1CCC(NC(=NC)NCC2CCCN(C)C2)CC1. The van der Waals surface area contributed by atoms with Crippen LogP contribution in [-0.4, -0.2) is 50.6 Å². The average molecular weight is 294 g/mol. The van der Waals surface area contributed by atoms with Crippen LogP contribution in [0.4, 0.5) is 0 Å². The summed E-state index contributed by atoms with van der Waals surface area (Å²) in [5.74, 6) is 2.72. The van der Waals surface area contributed by atoms with E-state index in [1.807, 2.05) is 7.05 Å². The van der Waals surface area contributed by atoms with Gasteiger partial charge < -0.3 is 15.5 Å². The van der Waals surface area contributed by atoms with Gasteiger partial charge >= 0.3 is 0 Å². The van der Waals surface area contributed by atoms with Crippen molar-refractivity contribution in [3.05, 3.63) is 0 Å². The Hall–Kier alpha value is -0.770. The normalized spacial score (nSPS) is 32.0. The van der Waals surface area contributed by atoms with Gasteiger partial charge in [0, 0.05) is 26.2 Å². The minimum atomic E-state index is 0.619. The molecule has 0 spiro atoms. The van der Waals surface area contributed by atoms with Crippen LogP contribution in [-0.2, 0) is 0 Å². The van der Waals surface area contributed by atoms with Gasteiger partial charge in [0.2, 0.25) is 0 Å². The summed E-state index contributed by atoms with van der Waals surface area (Å²) < 4.78 is 0. The minimum absolute atomic E-state index is 0.619. The number of aliphatic imine (C=N–C) groups is 1. The highest BCUT2D eigenvalue weighted by molar-refractivity contribution is 5.79. The summed E-state index contributed by atoms with van der Waals surface area (Å²) in [5, 5.41) is 7.17. The minimum Gasteiger partial charge on any atom is -0.356 e. The molecule has 1 aliphatic heterocycles. The highest BCUT2D eigenvalue weighted by Crippen LogP contribution is 2.26. The summed E-state index contributed by atoms with van der Waals surface area (Å²) >= 11 is 0. The van der Waals surface area contributed by atoms with E-state index < -0.39 is 0 Å². The van der Waals surface area contributed by atoms with E-state index in [-0.39, 0.29) is 0 Å². The standard InChI is InChI=1S/C17H34N4/c1-4-14-7-9-16(10-8-14)20-17(18-2)19-12-15-6-5-11-21(3)13-15/h14-16H,4-13H2,1-3H3,(H2,18,19,20). The van der Waals surface area contributed by atoms with Crippen LogP contribution in [0.1, 0.15) is 51.9 Å². The fraction of sp³-hybridized carbons (Fsp3) is 0.941. The lowest BCUT2D eigenvalue weighted by Gasteiger charge is -2.32. The molecular formula is C17H34N4. The summed E-state index contributed by atoms with van der Waals surface area (Å²) in [4.78, 5) is 6.85. The molecule has 1 saturated heterocycles. The van der Waals surface area contributed by atoms with E-state index in [1.54, 1.807) is 0 Å². The summed E-state index contributed by atoms with van der Waals surface area (Å²) in [5.41, 5.74) is 0. The number of hydrogen-bond donors (Lipinski definition) is 2. The Bertz CT molecular complexity index is 321. The second-order valence-corrected chi connectivity index (χ2v) is 6.99. The van der Waals surface area contributed by atoms with Gasteiger partial charge in [-0.1, -0.05) is 13.3 Å². The number of piperidine rings is 1. The van der Waals surface area contributed by atoms with E-state index in [0.29, 0.717) is 6.04 Å². The molecule has 0 amide bonds. The summed E-state index contributed by atoms with van der Waals surface area (Å²) in [6, 6.07) is 0.619. The Morgan fingerprint density at radius 2 is 1.90 bits per heavy atom. The Morgan fingerprint density at radius 3 is 2.52 bits per heavy atom. The van der Waals surface area contributed by atoms with Crippen LogP contribution >= 0.6 is 0 Å². The molecule has 1 heterocycles.